The second kappa shape index (κ2) is 14.6. The number of ether oxygens (including phenoxy) is 5. The highest BCUT2D eigenvalue weighted by molar-refractivity contribution is 5.69. The van der Waals surface area contributed by atoms with Gasteiger partial charge in [0.05, 0.1) is 18.8 Å². The van der Waals surface area contributed by atoms with Gasteiger partial charge in [0.2, 0.25) is 0 Å². The summed E-state index contributed by atoms with van der Waals surface area (Å²) in [5.41, 5.74) is 0.680. The van der Waals surface area contributed by atoms with Crippen molar-refractivity contribution in [3.05, 3.63) is 35.9 Å². The SMILES string of the molecule is CC(C)(C)OC(=O)N(C1CCC(OCCCCOC2CCCCO2)CC1)C1CC(OCc2ccccc2)C1. The fourth-order valence-electron chi connectivity index (χ4n) is 5.60. The highest BCUT2D eigenvalue weighted by Gasteiger charge is 2.42. The standard InChI is InChI=1S/C31H49NO6/c1-31(2,3)38-30(33)32(26-21-28(22-26)37-23-24-11-5-4-6-12-24)25-14-16-27(17-15-25)34-18-9-10-20-36-29-13-7-8-19-35-29/h4-6,11-12,25-29H,7-10,13-23H2,1-3H3. The topological polar surface area (TPSA) is 66.5 Å². The van der Waals surface area contributed by atoms with Gasteiger partial charge in [0.25, 0.3) is 0 Å². The summed E-state index contributed by atoms with van der Waals surface area (Å²) in [7, 11) is 0. The van der Waals surface area contributed by atoms with Crippen LogP contribution in [0.5, 0.6) is 0 Å². The number of nitrogens with zero attached hydrogens (tertiary/aromatic N) is 1. The molecule has 3 fully saturated rings. The zero-order valence-corrected chi connectivity index (χ0v) is 23.8. The lowest BCUT2D eigenvalue weighted by atomic mass is 9.84. The molecule has 1 saturated heterocycles. The number of benzene rings is 1. The highest BCUT2D eigenvalue weighted by atomic mass is 16.7. The first kappa shape index (κ1) is 29.3. The van der Waals surface area contributed by atoms with Gasteiger partial charge in [0.15, 0.2) is 6.29 Å². The zero-order chi connectivity index (χ0) is 26.8. The van der Waals surface area contributed by atoms with E-state index < -0.39 is 5.60 Å². The number of rotatable bonds is 12. The molecule has 38 heavy (non-hydrogen) atoms. The Bertz CT molecular complexity index is 807. The number of carbonyl (C=O) groups excluding carboxylic acids is 1. The minimum atomic E-state index is -0.505. The summed E-state index contributed by atoms with van der Waals surface area (Å²) in [5, 5.41) is 0. The molecule has 0 radical (unpaired) electrons. The Morgan fingerprint density at radius 2 is 1.58 bits per heavy atom. The summed E-state index contributed by atoms with van der Waals surface area (Å²) in [6.45, 7) is 8.76. The van der Waals surface area contributed by atoms with E-state index >= 15 is 0 Å². The van der Waals surface area contributed by atoms with Crippen LogP contribution in [0.1, 0.15) is 97.0 Å². The quantitative estimate of drug-likeness (QED) is 0.282. The van der Waals surface area contributed by atoms with Crippen molar-refractivity contribution in [1.82, 2.24) is 4.90 Å². The van der Waals surface area contributed by atoms with Crippen LogP contribution >= 0.6 is 0 Å². The lowest BCUT2D eigenvalue weighted by Gasteiger charge is -2.47. The molecule has 1 aliphatic heterocycles. The molecule has 4 rings (SSSR count). The molecule has 2 aliphatic carbocycles. The maximum Gasteiger partial charge on any atom is 0.410 e. The van der Waals surface area contributed by atoms with Gasteiger partial charge >= 0.3 is 6.09 Å². The number of hydrogen-bond acceptors (Lipinski definition) is 6. The van der Waals surface area contributed by atoms with Crippen molar-refractivity contribution < 1.29 is 28.5 Å². The smallest absolute Gasteiger partial charge is 0.410 e. The first-order valence-electron chi connectivity index (χ1n) is 14.9. The summed E-state index contributed by atoms with van der Waals surface area (Å²) < 4.78 is 29.6. The Balaban J connectivity index is 1.16. The van der Waals surface area contributed by atoms with Gasteiger partial charge in [-0.05, 0) is 97.0 Å². The molecule has 7 nitrogen and oxygen atoms in total. The van der Waals surface area contributed by atoms with Crippen LogP contribution in [0.25, 0.3) is 0 Å². The van der Waals surface area contributed by atoms with E-state index in [1.807, 2.05) is 43.9 Å². The normalized spacial score (nSPS) is 27.9. The molecule has 0 bridgehead atoms. The average Bonchev–Trinajstić information content (AvgIpc) is 2.88. The van der Waals surface area contributed by atoms with Crippen molar-refractivity contribution in [2.75, 3.05) is 19.8 Å². The molecule has 1 aromatic carbocycles. The van der Waals surface area contributed by atoms with Crippen LogP contribution in [0, 0.1) is 0 Å². The van der Waals surface area contributed by atoms with Gasteiger partial charge in [0.1, 0.15) is 5.60 Å². The molecule has 1 amide bonds. The van der Waals surface area contributed by atoms with Crippen molar-refractivity contribution >= 4 is 6.09 Å². The zero-order valence-electron chi connectivity index (χ0n) is 23.8. The van der Waals surface area contributed by atoms with Crippen molar-refractivity contribution in [2.24, 2.45) is 0 Å². The third kappa shape index (κ3) is 9.51. The maximum atomic E-state index is 13.3. The first-order chi connectivity index (χ1) is 18.4. The van der Waals surface area contributed by atoms with E-state index in [4.69, 9.17) is 23.7 Å². The van der Waals surface area contributed by atoms with Gasteiger partial charge in [-0.3, -0.25) is 0 Å². The predicted molar refractivity (Wildman–Crippen MR) is 147 cm³/mol. The monoisotopic (exact) mass is 531 g/mol. The third-order valence-corrected chi connectivity index (χ3v) is 7.77. The minimum Gasteiger partial charge on any atom is -0.444 e. The van der Waals surface area contributed by atoms with Crippen molar-refractivity contribution in [3.63, 3.8) is 0 Å². The van der Waals surface area contributed by atoms with Crippen LogP contribution in [0.15, 0.2) is 30.3 Å². The molecule has 1 heterocycles. The molecule has 0 spiro atoms. The fourth-order valence-corrected chi connectivity index (χ4v) is 5.60. The van der Waals surface area contributed by atoms with E-state index in [0.717, 1.165) is 84.0 Å². The van der Waals surface area contributed by atoms with Crippen LogP contribution in [-0.4, -0.2) is 67.0 Å². The van der Waals surface area contributed by atoms with Crippen molar-refractivity contribution in [1.29, 1.82) is 0 Å². The van der Waals surface area contributed by atoms with E-state index in [9.17, 15) is 4.79 Å². The number of amides is 1. The molecule has 2 saturated carbocycles. The largest absolute Gasteiger partial charge is 0.444 e. The third-order valence-electron chi connectivity index (χ3n) is 7.77. The van der Waals surface area contributed by atoms with Crippen LogP contribution in [-0.2, 0) is 30.3 Å². The molecule has 1 unspecified atom stereocenters. The second-order valence-corrected chi connectivity index (χ2v) is 12.1. The van der Waals surface area contributed by atoms with Crippen LogP contribution in [0.4, 0.5) is 4.79 Å². The van der Waals surface area contributed by atoms with Crippen LogP contribution in [0.2, 0.25) is 0 Å². The molecule has 214 valence electrons. The Hall–Kier alpha value is -1.67. The molecule has 1 aromatic rings. The summed E-state index contributed by atoms with van der Waals surface area (Å²) in [5.74, 6) is 0. The van der Waals surface area contributed by atoms with E-state index in [0.29, 0.717) is 6.61 Å². The Morgan fingerprint density at radius 3 is 2.24 bits per heavy atom. The van der Waals surface area contributed by atoms with Crippen molar-refractivity contribution in [2.45, 2.75) is 134 Å². The van der Waals surface area contributed by atoms with E-state index in [-0.39, 0.29) is 36.7 Å². The average molecular weight is 532 g/mol. The molecule has 0 aromatic heterocycles. The minimum absolute atomic E-state index is 0.00534. The van der Waals surface area contributed by atoms with Gasteiger partial charge in [-0.15, -0.1) is 0 Å². The molecule has 7 heteroatoms. The van der Waals surface area contributed by atoms with Crippen molar-refractivity contribution in [3.8, 4) is 0 Å². The van der Waals surface area contributed by atoms with Gasteiger partial charge in [-0.2, -0.15) is 0 Å². The van der Waals surface area contributed by atoms with Gasteiger partial charge in [0, 0.05) is 31.9 Å². The number of hydrogen-bond donors (Lipinski definition) is 0. The van der Waals surface area contributed by atoms with Crippen LogP contribution in [0.3, 0.4) is 0 Å². The second-order valence-electron chi connectivity index (χ2n) is 12.1. The lowest BCUT2D eigenvalue weighted by Crippen LogP contribution is -2.56. The van der Waals surface area contributed by atoms with Gasteiger partial charge in [-0.1, -0.05) is 30.3 Å². The Kier molecular flexibility index (Phi) is 11.3. The Labute approximate surface area is 229 Å². The summed E-state index contributed by atoms with van der Waals surface area (Å²) in [6, 6.07) is 10.7. The number of carbonyl (C=O) groups is 1. The van der Waals surface area contributed by atoms with E-state index in [2.05, 4.69) is 12.1 Å². The fraction of sp³-hybridized carbons (Fsp3) is 0.774. The lowest BCUT2D eigenvalue weighted by molar-refractivity contribution is -0.163. The number of unbranched alkanes of at least 4 members (excludes halogenated alkanes) is 1. The predicted octanol–water partition coefficient (Wildman–Crippen LogP) is 6.62. The molecular weight excluding hydrogens is 482 g/mol. The molecule has 1 atom stereocenters. The maximum absolute atomic E-state index is 13.3. The summed E-state index contributed by atoms with van der Waals surface area (Å²) in [4.78, 5) is 15.3. The summed E-state index contributed by atoms with van der Waals surface area (Å²) in [6.07, 6.45) is 11.3. The van der Waals surface area contributed by atoms with E-state index in [1.165, 1.54) is 12.0 Å². The summed E-state index contributed by atoms with van der Waals surface area (Å²) >= 11 is 0. The van der Waals surface area contributed by atoms with Crippen LogP contribution < -0.4 is 0 Å². The molecular formula is C31H49NO6. The van der Waals surface area contributed by atoms with Gasteiger partial charge in [-0.25, -0.2) is 4.79 Å². The first-order valence-corrected chi connectivity index (χ1v) is 14.9. The molecule has 3 aliphatic rings. The Morgan fingerprint density at radius 1 is 0.868 bits per heavy atom. The molecule has 0 N–H and O–H groups in total. The van der Waals surface area contributed by atoms with E-state index in [1.54, 1.807) is 0 Å². The van der Waals surface area contributed by atoms with Gasteiger partial charge < -0.3 is 28.6 Å². The highest BCUT2D eigenvalue weighted by Crippen LogP contribution is 2.36.